The Hall–Kier alpha value is -0.450. The van der Waals surface area contributed by atoms with E-state index in [9.17, 15) is 8.42 Å². The molecule has 90 valence electrons. The van der Waals surface area contributed by atoms with Gasteiger partial charge in [0.05, 0.1) is 16.5 Å². The van der Waals surface area contributed by atoms with Gasteiger partial charge in [0, 0.05) is 5.88 Å². The minimum atomic E-state index is -3.39. The van der Waals surface area contributed by atoms with Gasteiger partial charge < -0.3 is 0 Å². The van der Waals surface area contributed by atoms with Crippen LogP contribution < -0.4 is 4.72 Å². The second-order valence-corrected chi connectivity index (χ2v) is 6.11. The van der Waals surface area contributed by atoms with Gasteiger partial charge in [0.15, 0.2) is 0 Å². The van der Waals surface area contributed by atoms with Gasteiger partial charge >= 0.3 is 0 Å². The molecule has 0 aromatic heterocycles. The van der Waals surface area contributed by atoms with Gasteiger partial charge in [-0.15, -0.1) is 11.6 Å². The fourth-order valence-corrected chi connectivity index (χ4v) is 3.11. The fraction of sp³-hybridized carbons (Fsp3) is 0.400. The summed E-state index contributed by atoms with van der Waals surface area (Å²) >= 11 is 11.4. The van der Waals surface area contributed by atoms with Crippen molar-refractivity contribution in [1.82, 2.24) is 0 Å². The Bertz CT molecular complexity index is 448. The number of halogens is 2. The van der Waals surface area contributed by atoms with Crippen LogP contribution in [-0.2, 0) is 10.0 Å². The van der Waals surface area contributed by atoms with E-state index in [2.05, 4.69) is 4.72 Å². The topological polar surface area (TPSA) is 46.2 Å². The lowest BCUT2D eigenvalue weighted by atomic mass is 10.3. The van der Waals surface area contributed by atoms with E-state index in [0.29, 0.717) is 16.6 Å². The highest BCUT2D eigenvalue weighted by atomic mass is 35.5. The van der Waals surface area contributed by atoms with Crippen molar-refractivity contribution in [1.29, 1.82) is 0 Å². The molecule has 0 aliphatic carbocycles. The molecule has 0 amide bonds. The van der Waals surface area contributed by atoms with E-state index in [-0.39, 0.29) is 11.7 Å². The molecule has 0 saturated heterocycles. The summed E-state index contributed by atoms with van der Waals surface area (Å²) in [6.07, 6.45) is 0. The minimum absolute atomic E-state index is 0.0122. The predicted molar refractivity (Wildman–Crippen MR) is 68.7 cm³/mol. The number of alkyl halides is 1. The van der Waals surface area contributed by atoms with Crippen molar-refractivity contribution < 1.29 is 8.42 Å². The Morgan fingerprint density at radius 3 is 2.56 bits per heavy atom. The zero-order valence-corrected chi connectivity index (χ0v) is 11.1. The number of nitrogens with one attached hydrogen (secondary N) is 1. The third-order valence-corrected chi connectivity index (χ3v) is 4.30. The van der Waals surface area contributed by atoms with Crippen LogP contribution in [-0.4, -0.2) is 20.1 Å². The van der Waals surface area contributed by atoms with E-state index in [1.54, 1.807) is 31.2 Å². The monoisotopic (exact) mass is 281 g/mol. The molecular formula is C10H13Cl2NO2S. The van der Waals surface area contributed by atoms with Crippen LogP contribution in [0.1, 0.15) is 6.92 Å². The SMILES string of the molecule is CC(CCl)CS(=O)(=O)Nc1ccccc1Cl. The van der Waals surface area contributed by atoms with Crippen LogP contribution in [0.15, 0.2) is 24.3 Å². The van der Waals surface area contributed by atoms with E-state index >= 15 is 0 Å². The molecule has 1 unspecified atom stereocenters. The molecule has 1 aromatic carbocycles. The van der Waals surface area contributed by atoms with Gasteiger partial charge in [-0.1, -0.05) is 30.7 Å². The molecular weight excluding hydrogens is 269 g/mol. The first-order valence-corrected chi connectivity index (χ1v) is 7.32. The minimum Gasteiger partial charge on any atom is -0.282 e. The van der Waals surface area contributed by atoms with Gasteiger partial charge in [0.2, 0.25) is 10.0 Å². The van der Waals surface area contributed by atoms with Crippen LogP contribution in [0, 0.1) is 5.92 Å². The van der Waals surface area contributed by atoms with Crippen molar-refractivity contribution in [2.24, 2.45) is 5.92 Å². The molecule has 0 aliphatic rings. The smallest absolute Gasteiger partial charge is 0.233 e. The van der Waals surface area contributed by atoms with Crippen LogP contribution >= 0.6 is 23.2 Å². The molecule has 0 bridgehead atoms. The maximum atomic E-state index is 11.7. The quantitative estimate of drug-likeness (QED) is 0.844. The summed E-state index contributed by atoms with van der Waals surface area (Å²) in [7, 11) is -3.39. The van der Waals surface area contributed by atoms with Gasteiger partial charge in [-0.2, -0.15) is 0 Å². The zero-order chi connectivity index (χ0) is 12.2. The van der Waals surface area contributed by atoms with Crippen LogP contribution in [0.25, 0.3) is 0 Å². The van der Waals surface area contributed by atoms with E-state index < -0.39 is 10.0 Å². The highest BCUT2D eigenvalue weighted by Crippen LogP contribution is 2.22. The van der Waals surface area contributed by atoms with E-state index in [4.69, 9.17) is 23.2 Å². The summed E-state index contributed by atoms with van der Waals surface area (Å²) in [4.78, 5) is 0. The Balaban J connectivity index is 2.77. The van der Waals surface area contributed by atoms with Crippen LogP contribution in [0.4, 0.5) is 5.69 Å². The average Bonchev–Trinajstić information content (AvgIpc) is 2.20. The lowest BCUT2D eigenvalue weighted by molar-refractivity contribution is 0.588. The standard InChI is InChI=1S/C10H13Cl2NO2S/c1-8(6-11)7-16(14,15)13-10-5-3-2-4-9(10)12/h2-5,8,13H,6-7H2,1H3. The molecule has 0 heterocycles. The van der Waals surface area contributed by atoms with Crippen LogP contribution in [0.3, 0.4) is 0 Å². The largest absolute Gasteiger partial charge is 0.282 e. The van der Waals surface area contributed by atoms with Gasteiger partial charge in [-0.3, -0.25) is 4.72 Å². The maximum Gasteiger partial charge on any atom is 0.233 e. The first kappa shape index (κ1) is 13.6. The molecule has 0 saturated carbocycles. The summed E-state index contributed by atoms with van der Waals surface area (Å²) in [5.41, 5.74) is 0.394. The van der Waals surface area contributed by atoms with E-state index in [1.165, 1.54) is 0 Å². The molecule has 0 fully saturated rings. The highest BCUT2D eigenvalue weighted by molar-refractivity contribution is 7.92. The number of rotatable bonds is 5. The molecule has 3 nitrogen and oxygen atoms in total. The molecule has 0 spiro atoms. The molecule has 16 heavy (non-hydrogen) atoms. The Morgan fingerprint density at radius 1 is 1.38 bits per heavy atom. The average molecular weight is 282 g/mol. The Morgan fingerprint density at radius 2 is 2.00 bits per heavy atom. The molecule has 1 atom stereocenters. The molecule has 6 heteroatoms. The fourth-order valence-electron chi connectivity index (χ4n) is 1.17. The second kappa shape index (κ2) is 5.75. The summed E-state index contributed by atoms with van der Waals surface area (Å²) < 4.78 is 25.8. The predicted octanol–water partition coefficient (Wildman–Crippen LogP) is 2.96. The van der Waals surface area contributed by atoms with Crippen LogP contribution in [0.2, 0.25) is 5.02 Å². The number of anilines is 1. The van der Waals surface area contributed by atoms with E-state index in [0.717, 1.165) is 0 Å². The number of hydrogen-bond acceptors (Lipinski definition) is 2. The number of hydrogen-bond donors (Lipinski definition) is 1. The molecule has 0 radical (unpaired) electrons. The highest BCUT2D eigenvalue weighted by Gasteiger charge is 2.16. The van der Waals surface area contributed by atoms with E-state index in [1.807, 2.05) is 0 Å². The second-order valence-electron chi connectivity index (χ2n) is 3.62. The third kappa shape index (κ3) is 4.20. The number of benzene rings is 1. The molecule has 1 rings (SSSR count). The first-order valence-electron chi connectivity index (χ1n) is 4.75. The van der Waals surface area contributed by atoms with Gasteiger partial charge in [0.25, 0.3) is 0 Å². The lowest BCUT2D eigenvalue weighted by Crippen LogP contribution is -2.22. The third-order valence-electron chi connectivity index (χ3n) is 1.91. The normalized spacial score (nSPS) is 13.4. The lowest BCUT2D eigenvalue weighted by Gasteiger charge is -2.11. The molecule has 1 N–H and O–H groups in total. The van der Waals surface area contributed by atoms with Crippen molar-refractivity contribution in [2.45, 2.75) is 6.92 Å². The van der Waals surface area contributed by atoms with Gasteiger partial charge in [-0.25, -0.2) is 8.42 Å². The summed E-state index contributed by atoms with van der Waals surface area (Å²) in [6, 6.07) is 6.70. The van der Waals surface area contributed by atoms with Gasteiger partial charge in [-0.05, 0) is 18.1 Å². The van der Waals surface area contributed by atoms with Crippen molar-refractivity contribution in [2.75, 3.05) is 16.4 Å². The summed E-state index contributed by atoms with van der Waals surface area (Å²) in [6.45, 7) is 1.78. The number of sulfonamides is 1. The Kier molecular flexibility index (Phi) is 4.89. The zero-order valence-electron chi connectivity index (χ0n) is 8.78. The maximum absolute atomic E-state index is 11.7. The van der Waals surface area contributed by atoms with Crippen LogP contribution in [0.5, 0.6) is 0 Å². The van der Waals surface area contributed by atoms with Gasteiger partial charge in [0.1, 0.15) is 0 Å². The summed E-state index contributed by atoms with van der Waals surface area (Å²) in [5.74, 6) is 0.201. The number of para-hydroxylation sites is 1. The first-order chi connectivity index (χ1) is 7.44. The van der Waals surface area contributed by atoms with Crippen molar-refractivity contribution in [3.63, 3.8) is 0 Å². The van der Waals surface area contributed by atoms with Crippen molar-refractivity contribution in [3.8, 4) is 0 Å². The van der Waals surface area contributed by atoms with Crippen molar-refractivity contribution >= 4 is 38.9 Å². The molecule has 0 aliphatic heterocycles. The Labute approximate surface area is 106 Å². The molecule has 1 aromatic rings. The van der Waals surface area contributed by atoms with Crippen molar-refractivity contribution in [3.05, 3.63) is 29.3 Å². The summed E-state index contributed by atoms with van der Waals surface area (Å²) in [5, 5.41) is 0.379.